The van der Waals surface area contributed by atoms with E-state index in [0.717, 1.165) is 38.2 Å². The van der Waals surface area contributed by atoms with E-state index in [1.54, 1.807) is 12.1 Å². The number of likely N-dealkylation sites (tertiary alicyclic amines) is 1. The van der Waals surface area contributed by atoms with E-state index in [1.807, 2.05) is 29.2 Å². The van der Waals surface area contributed by atoms with Crippen LogP contribution in [0.3, 0.4) is 0 Å². The van der Waals surface area contributed by atoms with Crippen molar-refractivity contribution >= 4 is 5.91 Å². The summed E-state index contributed by atoms with van der Waals surface area (Å²) >= 11 is 0. The molecule has 1 fully saturated rings. The lowest BCUT2D eigenvalue weighted by atomic mass is 10.1. The fraction of sp³-hybridized carbons (Fsp3) is 0.280. The van der Waals surface area contributed by atoms with Gasteiger partial charge < -0.3 is 14.1 Å². The molecule has 2 aromatic carbocycles. The number of hydrogen-bond acceptors (Lipinski definition) is 5. The summed E-state index contributed by atoms with van der Waals surface area (Å²) in [4.78, 5) is 28.8. The standard InChI is InChI=1S/C25H24N2O4/c28-23-12-22(15-26-13-20-4-1-2-5-21(20)14-26)30-17-24(23)31-16-18-6-8-19(9-7-18)25(29)27-10-3-11-27/h1-2,4-9,12,17H,3,10-11,13-16H2. The molecule has 0 unspecified atom stereocenters. The molecular formula is C25H24N2O4. The second kappa shape index (κ2) is 8.40. The molecule has 0 spiro atoms. The van der Waals surface area contributed by atoms with Gasteiger partial charge in [0.1, 0.15) is 18.6 Å². The number of carbonyl (C=O) groups excluding carboxylic acids is 1. The molecule has 158 valence electrons. The van der Waals surface area contributed by atoms with Gasteiger partial charge in [0.15, 0.2) is 0 Å². The Morgan fingerprint density at radius 3 is 2.32 bits per heavy atom. The van der Waals surface area contributed by atoms with Gasteiger partial charge in [-0.05, 0) is 35.2 Å². The van der Waals surface area contributed by atoms with Crippen molar-refractivity contribution in [2.45, 2.75) is 32.7 Å². The molecule has 2 aliphatic rings. The average Bonchev–Trinajstić information content (AvgIpc) is 3.14. The van der Waals surface area contributed by atoms with E-state index in [-0.39, 0.29) is 23.7 Å². The third-order valence-electron chi connectivity index (χ3n) is 5.88. The van der Waals surface area contributed by atoms with Crippen LogP contribution in [0.5, 0.6) is 5.75 Å². The lowest BCUT2D eigenvalue weighted by molar-refractivity contribution is 0.0652. The summed E-state index contributed by atoms with van der Waals surface area (Å²) in [5.74, 6) is 0.879. The van der Waals surface area contributed by atoms with Crippen LogP contribution in [0.2, 0.25) is 0 Å². The average molecular weight is 416 g/mol. The minimum Gasteiger partial charge on any atom is -0.482 e. The monoisotopic (exact) mass is 416 g/mol. The number of carbonyl (C=O) groups is 1. The van der Waals surface area contributed by atoms with Crippen molar-refractivity contribution in [3.8, 4) is 5.75 Å². The summed E-state index contributed by atoms with van der Waals surface area (Å²) in [7, 11) is 0. The molecule has 5 rings (SSSR count). The SMILES string of the molecule is O=C(c1ccc(COc2coc(CN3Cc4ccccc4C3)cc2=O)cc1)N1CCC1. The molecule has 2 aliphatic heterocycles. The quantitative estimate of drug-likeness (QED) is 0.615. The molecule has 0 atom stereocenters. The first-order chi connectivity index (χ1) is 15.2. The predicted molar refractivity (Wildman–Crippen MR) is 116 cm³/mol. The van der Waals surface area contributed by atoms with Crippen LogP contribution in [0.25, 0.3) is 0 Å². The van der Waals surface area contributed by atoms with Crippen LogP contribution in [0, 0.1) is 0 Å². The van der Waals surface area contributed by atoms with Crippen LogP contribution in [0.1, 0.15) is 39.2 Å². The minimum absolute atomic E-state index is 0.0658. The summed E-state index contributed by atoms with van der Waals surface area (Å²) in [5.41, 5.74) is 4.02. The summed E-state index contributed by atoms with van der Waals surface area (Å²) < 4.78 is 11.3. The van der Waals surface area contributed by atoms with E-state index < -0.39 is 0 Å². The number of nitrogens with zero attached hydrogens (tertiary/aromatic N) is 2. The van der Waals surface area contributed by atoms with Crippen molar-refractivity contribution in [1.82, 2.24) is 9.80 Å². The van der Waals surface area contributed by atoms with E-state index >= 15 is 0 Å². The summed E-state index contributed by atoms with van der Waals surface area (Å²) in [5, 5.41) is 0. The number of rotatable bonds is 6. The van der Waals surface area contributed by atoms with Crippen LogP contribution in [-0.4, -0.2) is 28.8 Å². The van der Waals surface area contributed by atoms with Gasteiger partial charge >= 0.3 is 0 Å². The molecule has 1 saturated heterocycles. The van der Waals surface area contributed by atoms with Gasteiger partial charge in [0.2, 0.25) is 11.2 Å². The molecule has 3 heterocycles. The Morgan fingerprint density at radius 1 is 1.00 bits per heavy atom. The second-order valence-electron chi connectivity index (χ2n) is 8.12. The summed E-state index contributed by atoms with van der Waals surface area (Å²) in [6.45, 7) is 4.20. The molecule has 6 nitrogen and oxygen atoms in total. The molecule has 0 N–H and O–H groups in total. The van der Waals surface area contributed by atoms with Crippen molar-refractivity contribution in [3.05, 3.63) is 99.1 Å². The van der Waals surface area contributed by atoms with Crippen LogP contribution >= 0.6 is 0 Å². The van der Waals surface area contributed by atoms with E-state index in [0.29, 0.717) is 17.9 Å². The highest BCUT2D eigenvalue weighted by Crippen LogP contribution is 2.24. The van der Waals surface area contributed by atoms with Gasteiger partial charge in [-0.15, -0.1) is 0 Å². The van der Waals surface area contributed by atoms with Gasteiger partial charge in [0.25, 0.3) is 5.91 Å². The maximum Gasteiger partial charge on any atom is 0.253 e. The fourth-order valence-electron chi connectivity index (χ4n) is 3.97. The normalized spacial score (nSPS) is 15.4. The topological polar surface area (TPSA) is 63.0 Å². The second-order valence-corrected chi connectivity index (χ2v) is 8.12. The summed E-state index contributed by atoms with van der Waals surface area (Å²) in [6.07, 6.45) is 2.47. The first kappa shape index (κ1) is 19.6. The predicted octanol–water partition coefficient (Wildman–Crippen LogP) is 3.58. The van der Waals surface area contributed by atoms with E-state index in [9.17, 15) is 9.59 Å². The molecule has 0 bridgehead atoms. The van der Waals surface area contributed by atoms with Crippen molar-refractivity contribution < 1.29 is 13.9 Å². The van der Waals surface area contributed by atoms with Gasteiger partial charge in [-0.1, -0.05) is 36.4 Å². The molecule has 0 aliphatic carbocycles. The molecule has 1 amide bonds. The van der Waals surface area contributed by atoms with Gasteiger partial charge in [0.05, 0.1) is 6.54 Å². The Hall–Kier alpha value is -3.38. The first-order valence-electron chi connectivity index (χ1n) is 10.6. The third-order valence-corrected chi connectivity index (χ3v) is 5.88. The molecule has 0 radical (unpaired) electrons. The number of hydrogen-bond donors (Lipinski definition) is 0. The highest BCUT2D eigenvalue weighted by Gasteiger charge is 2.21. The van der Waals surface area contributed by atoms with Gasteiger partial charge in [-0.2, -0.15) is 0 Å². The van der Waals surface area contributed by atoms with Crippen LogP contribution in [0.4, 0.5) is 0 Å². The number of fused-ring (bicyclic) bond motifs is 1. The Labute approximate surface area is 180 Å². The van der Waals surface area contributed by atoms with Gasteiger partial charge in [-0.3, -0.25) is 14.5 Å². The van der Waals surface area contributed by atoms with Crippen molar-refractivity contribution in [2.75, 3.05) is 13.1 Å². The molecular weight excluding hydrogens is 392 g/mol. The number of benzene rings is 2. The van der Waals surface area contributed by atoms with E-state index in [4.69, 9.17) is 9.15 Å². The lowest BCUT2D eigenvalue weighted by Gasteiger charge is -2.30. The lowest BCUT2D eigenvalue weighted by Crippen LogP contribution is -2.41. The Bertz CT molecular complexity index is 1120. The highest BCUT2D eigenvalue weighted by molar-refractivity contribution is 5.94. The molecule has 0 saturated carbocycles. The Balaban J connectivity index is 1.17. The third kappa shape index (κ3) is 4.25. The Kier molecular flexibility index (Phi) is 5.30. The van der Waals surface area contributed by atoms with E-state index in [1.165, 1.54) is 23.5 Å². The Morgan fingerprint density at radius 2 is 1.71 bits per heavy atom. The minimum atomic E-state index is -0.192. The fourth-order valence-corrected chi connectivity index (χ4v) is 3.97. The molecule has 31 heavy (non-hydrogen) atoms. The van der Waals surface area contributed by atoms with Crippen LogP contribution < -0.4 is 10.2 Å². The van der Waals surface area contributed by atoms with Crippen molar-refractivity contribution in [1.29, 1.82) is 0 Å². The largest absolute Gasteiger partial charge is 0.482 e. The van der Waals surface area contributed by atoms with Crippen LogP contribution in [0.15, 0.2) is 70.1 Å². The smallest absolute Gasteiger partial charge is 0.253 e. The maximum atomic E-state index is 12.5. The molecule has 3 aromatic rings. The van der Waals surface area contributed by atoms with Crippen molar-refractivity contribution in [2.24, 2.45) is 0 Å². The van der Waals surface area contributed by atoms with Gasteiger partial charge in [0, 0.05) is 37.8 Å². The van der Waals surface area contributed by atoms with Gasteiger partial charge in [-0.25, -0.2) is 0 Å². The zero-order valence-electron chi connectivity index (χ0n) is 17.3. The zero-order chi connectivity index (χ0) is 21.2. The van der Waals surface area contributed by atoms with Crippen molar-refractivity contribution in [3.63, 3.8) is 0 Å². The molecule has 6 heteroatoms. The molecule has 1 aromatic heterocycles. The number of amides is 1. The van der Waals surface area contributed by atoms with E-state index in [2.05, 4.69) is 17.0 Å². The number of ether oxygens (including phenoxy) is 1. The maximum absolute atomic E-state index is 12.5. The first-order valence-corrected chi connectivity index (χ1v) is 10.6. The zero-order valence-corrected chi connectivity index (χ0v) is 17.3. The van der Waals surface area contributed by atoms with Crippen LogP contribution in [-0.2, 0) is 26.2 Å². The highest BCUT2D eigenvalue weighted by atomic mass is 16.5. The summed E-state index contributed by atoms with van der Waals surface area (Å²) in [6, 6.07) is 17.2.